The van der Waals surface area contributed by atoms with Gasteiger partial charge in [-0.05, 0) is 56.4 Å². The quantitative estimate of drug-likeness (QED) is 0.674. The van der Waals surface area contributed by atoms with E-state index < -0.39 is 0 Å². The van der Waals surface area contributed by atoms with Crippen LogP contribution in [0.4, 0.5) is 0 Å². The zero-order chi connectivity index (χ0) is 20.1. The zero-order valence-corrected chi connectivity index (χ0v) is 17.3. The number of likely N-dealkylation sites (tertiary alicyclic amines) is 2. The molecule has 0 atom stereocenters. The van der Waals surface area contributed by atoms with E-state index in [0.29, 0.717) is 26.1 Å². The number of carbonyl (C=O) groups excluding carboxylic acids is 2. The van der Waals surface area contributed by atoms with E-state index in [-0.39, 0.29) is 23.8 Å². The summed E-state index contributed by atoms with van der Waals surface area (Å²) >= 11 is 0. The Morgan fingerprint density at radius 3 is 2.61 bits per heavy atom. The van der Waals surface area contributed by atoms with Crippen molar-refractivity contribution < 1.29 is 19.1 Å². The van der Waals surface area contributed by atoms with Gasteiger partial charge in [0.05, 0.1) is 0 Å². The maximum Gasteiger partial charge on any atom is 0.260 e. The number of aryl methyl sites for hydroxylation is 2. The van der Waals surface area contributed by atoms with Gasteiger partial charge >= 0.3 is 0 Å². The third-order valence-corrected chi connectivity index (χ3v) is 6.20. The first-order chi connectivity index (χ1) is 13.4. The number of amides is 2. The topological polar surface area (TPSA) is 59.1 Å². The molecule has 0 aromatic heterocycles. The SMILES string of the molecule is COCCCN1CC2(CCN(C(=O)COc3ccc(C)c(C)c3)CC2)CC1=O. The van der Waals surface area contributed by atoms with Crippen LogP contribution in [0, 0.1) is 19.3 Å². The molecule has 0 bridgehead atoms. The highest BCUT2D eigenvalue weighted by atomic mass is 16.5. The lowest BCUT2D eigenvalue weighted by atomic mass is 9.77. The highest BCUT2D eigenvalue weighted by Crippen LogP contribution is 2.41. The van der Waals surface area contributed by atoms with Crippen LogP contribution < -0.4 is 4.74 Å². The summed E-state index contributed by atoms with van der Waals surface area (Å²) in [4.78, 5) is 28.7. The van der Waals surface area contributed by atoms with Crippen molar-refractivity contribution in [3.05, 3.63) is 29.3 Å². The van der Waals surface area contributed by atoms with Crippen molar-refractivity contribution in [1.29, 1.82) is 0 Å². The van der Waals surface area contributed by atoms with Crippen molar-refractivity contribution in [2.75, 3.05) is 46.5 Å². The van der Waals surface area contributed by atoms with Gasteiger partial charge < -0.3 is 19.3 Å². The minimum absolute atomic E-state index is 0.0225. The van der Waals surface area contributed by atoms with Crippen LogP contribution in [-0.2, 0) is 14.3 Å². The normalized spacial score (nSPS) is 18.8. The van der Waals surface area contributed by atoms with Gasteiger partial charge in [0, 0.05) is 51.7 Å². The van der Waals surface area contributed by atoms with E-state index in [0.717, 1.165) is 43.7 Å². The summed E-state index contributed by atoms with van der Waals surface area (Å²) in [5, 5.41) is 0. The molecule has 2 aliphatic rings. The molecule has 1 spiro atoms. The number of piperidine rings is 1. The van der Waals surface area contributed by atoms with Crippen LogP contribution in [0.5, 0.6) is 5.75 Å². The Balaban J connectivity index is 1.46. The Morgan fingerprint density at radius 2 is 1.93 bits per heavy atom. The van der Waals surface area contributed by atoms with Gasteiger partial charge in [-0.2, -0.15) is 0 Å². The molecule has 1 aromatic carbocycles. The molecule has 2 saturated heterocycles. The van der Waals surface area contributed by atoms with Gasteiger partial charge in [-0.3, -0.25) is 9.59 Å². The fourth-order valence-electron chi connectivity index (χ4n) is 4.19. The molecule has 2 amide bonds. The molecule has 0 radical (unpaired) electrons. The maximum atomic E-state index is 12.5. The number of methoxy groups -OCH3 is 1. The first-order valence-electron chi connectivity index (χ1n) is 10.2. The standard InChI is InChI=1S/C22H32N2O4/c1-17-5-6-19(13-18(17)2)28-15-21(26)23-10-7-22(8-11-23)14-20(25)24(16-22)9-4-12-27-3/h5-6,13H,4,7-12,14-16H2,1-3H3. The largest absolute Gasteiger partial charge is 0.484 e. The Bertz CT molecular complexity index is 710. The molecule has 0 saturated carbocycles. The van der Waals surface area contributed by atoms with E-state index in [1.54, 1.807) is 7.11 Å². The number of benzene rings is 1. The lowest BCUT2D eigenvalue weighted by Gasteiger charge is -2.38. The van der Waals surface area contributed by atoms with Gasteiger partial charge in [-0.25, -0.2) is 0 Å². The van der Waals surface area contributed by atoms with E-state index in [2.05, 4.69) is 6.92 Å². The minimum Gasteiger partial charge on any atom is -0.484 e. The Hall–Kier alpha value is -2.08. The average molecular weight is 389 g/mol. The summed E-state index contributed by atoms with van der Waals surface area (Å²) in [6.45, 7) is 7.83. The number of ether oxygens (including phenoxy) is 2. The lowest BCUT2D eigenvalue weighted by molar-refractivity contribution is -0.135. The van der Waals surface area contributed by atoms with Crippen molar-refractivity contribution in [2.45, 2.75) is 39.5 Å². The van der Waals surface area contributed by atoms with Gasteiger partial charge in [0.15, 0.2) is 6.61 Å². The molecule has 28 heavy (non-hydrogen) atoms. The number of nitrogens with zero attached hydrogens (tertiary/aromatic N) is 2. The molecule has 154 valence electrons. The number of carbonyl (C=O) groups is 2. The number of hydrogen-bond donors (Lipinski definition) is 0. The third kappa shape index (κ3) is 4.85. The summed E-state index contributed by atoms with van der Waals surface area (Å²) in [5.41, 5.74) is 2.41. The van der Waals surface area contributed by atoms with Crippen molar-refractivity contribution in [1.82, 2.24) is 9.80 Å². The number of hydrogen-bond acceptors (Lipinski definition) is 4. The third-order valence-electron chi connectivity index (χ3n) is 6.20. The van der Waals surface area contributed by atoms with E-state index in [1.165, 1.54) is 5.56 Å². The van der Waals surface area contributed by atoms with Gasteiger partial charge in [-0.15, -0.1) is 0 Å². The van der Waals surface area contributed by atoms with Crippen LogP contribution in [0.3, 0.4) is 0 Å². The molecule has 0 unspecified atom stereocenters. The summed E-state index contributed by atoms with van der Waals surface area (Å²) in [6.07, 6.45) is 3.25. The molecular formula is C22H32N2O4. The van der Waals surface area contributed by atoms with Crippen LogP contribution in [0.1, 0.15) is 36.8 Å². The van der Waals surface area contributed by atoms with Crippen LogP contribution >= 0.6 is 0 Å². The molecule has 3 rings (SSSR count). The summed E-state index contributed by atoms with van der Waals surface area (Å²) in [7, 11) is 1.68. The summed E-state index contributed by atoms with van der Waals surface area (Å²) in [6, 6.07) is 5.88. The Kier molecular flexibility index (Phi) is 6.60. The van der Waals surface area contributed by atoms with Crippen molar-refractivity contribution in [3.63, 3.8) is 0 Å². The molecule has 0 N–H and O–H groups in total. The molecule has 1 aromatic rings. The van der Waals surface area contributed by atoms with Crippen molar-refractivity contribution in [2.24, 2.45) is 5.41 Å². The fraction of sp³-hybridized carbons (Fsp3) is 0.636. The lowest BCUT2D eigenvalue weighted by Crippen LogP contribution is -2.45. The van der Waals surface area contributed by atoms with E-state index in [9.17, 15) is 9.59 Å². The molecule has 2 aliphatic heterocycles. The monoisotopic (exact) mass is 388 g/mol. The Morgan fingerprint density at radius 1 is 1.18 bits per heavy atom. The highest BCUT2D eigenvalue weighted by molar-refractivity contribution is 5.80. The van der Waals surface area contributed by atoms with Crippen LogP contribution in [0.15, 0.2) is 18.2 Å². The molecule has 6 nitrogen and oxygen atoms in total. The second kappa shape index (κ2) is 8.95. The van der Waals surface area contributed by atoms with Gasteiger partial charge in [-0.1, -0.05) is 6.07 Å². The summed E-state index contributed by atoms with van der Waals surface area (Å²) < 4.78 is 10.8. The van der Waals surface area contributed by atoms with Gasteiger partial charge in [0.1, 0.15) is 5.75 Å². The van der Waals surface area contributed by atoms with Crippen LogP contribution in [0.2, 0.25) is 0 Å². The van der Waals surface area contributed by atoms with Crippen molar-refractivity contribution >= 4 is 11.8 Å². The molecule has 0 aliphatic carbocycles. The maximum absolute atomic E-state index is 12.5. The number of rotatable bonds is 7. The van der Waals surface area contributed by atoms with E-state index in [1.807, 2.05) is 34.9 Å². The van der Waals surface area contributed by atoms with Gasteiger partial charge in [0.25, 0.3) is 5.91 Å². The first kappa shape index (κ1) is 20.6. The second-order valence-electron chi connectivity index (χ2n) is 8.25. The summed E-state index contributed by atoms with van der Waals surface area (Å²) in [5.74, 6) is 1.00. The molecule has 6 heteroatoms. The van der Waals surface area contributed by atoms with Crippen molar-refractivity contribution in [3.8, 4) is 5.75 Å². The van der Waals surface area contributed by atoms with Crippen LogP contribution in [-0.4, -0.2) is 68.1 Å². The smallest absolute Gasteiger partial charge is 0.260 e. The van der Waals surface area contributed by atoms with E-state index >= 15 is 0 Å². The van der Waals surface area contributed by atoms with Gasteiger partial charge in [0.2, 0.25) is 5.91 Å². The molecule has 2 fully saturated rings. The second-order valence-corrected chi connectivity index (χ2v) is 8.25. The molecular weight excluding hydrogens is 356 g/mol. The van der Waals surface area contributed by atoms with E-state index in [4.69, 9.17) is 9.47 Å². The fourth-order valence-corrected chi connectivity index (χ4v) is 4.19. The average Bonchev–Trinajstić information content (AvgIpc) is 2.98. The zero-order valence-electron chi connectivity index (χ0n) is 17.3. The highest BCUT2D eigenvalue weighted by Gasteiger charge is 2.45. The predicted octanol–water partition coefficient (Wildman–Crippen LogP) is 2.56. The van der Waals surface area contributed by atoms with Crippen LogP contribution in [0.25, 0.3) is 0 Å². The minimum atomic E-state index is 0.0225. The Labute approximate surface area is 167 Å². The predicted molar refractivity (Wildman–Crippen MR) is 107 cm³/mol. The molecule has 2 heterocycles. The first-order valence-corrected chi connectivity index (χ1v) is 10.2.